The SMILES string of the molecule is C[C@H]1CCC2=CC3=CC[C@]4(C)[C@@H](c5ccc6ccccc6c5)CC[C@H]4C34CC[C@]2(C1)O4. The summed E-state index contributed by atoms with van der Waals surface area (Å²) in [4.78, 5) is 0. The van der Waals surface area contributed by atoms with E-state index in [4.69, 9.17) is 4.74 Å². The van der Waals surface area contributed by atoms with Crippen LogP contribution in [0.4, 0.5) is 0 Å². The number of hydrogen-bond donors (Lipinski definition) is 0. The summed E-state index contributed by atoms with van der Waals surface area (Å²) >= 11 is 0. The van der Waals surface area contributed by atoms with Gasteiger partial charge < -0.3 is 4.74 Å². The summed E-state index contributed by atoms with van der Waals surface area (Å²) in [7, 11) is 0. The Hall–Kier alpha value is -1.86. The van der Waals surface area contributed by atoms with Gasteiger partial charge in [-0.3, -0.25) is 0 Å². The van der Waals surface area contributed by atoms with Gasteiger partial charge in [0.1, 0.15) is 0 Å². The van der Waals surface area contributed by atoms with Crippen molar-refractivity contribution in [3.05, 3.63) is 71.3 Å². The third-order valence-electron chi connectivity index (χ3n) is 10.1. The average molecular weight is 411 g/mol. The first-order valence-electron chi connectivity index (χ1n) is 12.6. The summed E-state index contributed by atoms with van der Waals surface area (Å²) in [5.41, 5.74) is 5.06. The van der Waals surface area contributed by atoms with Crippen molar-refractivity contribution >= 4 is 10.8 Å². The van der Waals surface area contributed by atoms with E-state index in [0.717, 1.165) is 5.92 Å². The Morgan fingerprint density at radius 1 is 0.968 bits per heavy atom. The minimum atomic E-state index is -0.0147. The highest BCUT2D eigenvalue weighted by molar-refractivity contribution is 5.83. The molecule has 2 bridgehead atoms. The maximum atomic E-state index is 7.35. The van der Waals surface area contributed by atoms with Crippen molar-refractivity contribution < 1.29 is 4.74 Å². The summed E-state index contributed by atoms with van der Waals surface area (Å²) in [6.07, 6.45) is 15.3. The first-order valence-corrected chi connectivity index (χ1v) is 12.6. The van der Waals surface area contributed by atoms with Crippen LogP contribution in [0.1, 0.15) is 76.7 Å². The third kappa shape index (κ3) is 2.37. The fraction of sp³-hybridized carbons (Fsp3) is 0.533. The molecular weight excluding hydrogens is 376 g/mol. The number of ether oxygens (including phenoxy) is 1. The molecular formula is C30H34O. The zero-order valence-corrected chi connectivity index (χ0v) is 19.0. The van der Waals surface area contributed by atoms with Crippen molar-refractivity contribution in [2.24, 2.45) is 17.3 Å². The molecule has 0 radical (unpaired) electrons. The molecule has 7 rings (SSSR count). The number of rotatable bonds is 1. The number of benzene rings is 2. The van der Waals surface area contributed by atoms with E-state index >= 15 is 0 Å². The molecule has 3 aliphatic carbocycles. The quantitative estimate of drug-likeness (QED) is 0.467. The Bertz CT molecular complexity index is 1140. The highest BCUT2D eigenvalue weighted by atomic mass is 16.5. The fourth-order valence-corrected chi connectivity index (χ4v) is 8.62. The van der Waals surface area contributed by atoms with Crippen molar-refractivity contribution in [2.45, 2.75) is 82.3 Å². The topological polar surface area (TPSA) is 9.23 Å². The molecule has 6 atom stereocenters. The van der Waals surface area contributed by atoms with Crippen LogP contribution in [0.25, 0.3) is 10.8 Å². The van der Waals surface area contributed by atoms with Gasteiger partial charge in [-0.15, -0.1) is 0 Å². The lowest BCUT2D eigenvalue weighted by Gasteiger charge is -2.54. The largest absolute Gasteiger partial charge is 0.359 e. The van der Waals surface area contributed by atoms with E-state index in [9.17, 15) is 0 Å². The number of hydrogen-bond acceptors (Lipinski definition) is 1. The van der Waals surface area contributed by atoms with Crippen LogP contribution in [0.2, 0.25) is 0 Å². The third-order valence-corrected chi connectivity index (χ3v) is 10.1. The minimum Gasteiger partial charge on any atom is -0.359 e. The molecule has 5 aliphatic rings. The molecule has 2 aliphatic heterocycles. The lowest BCUT2D eigenvalue weighted by atomic mass is 9.58. The predicted octanol–water partition coefficient (Wildman–Crippen LogP) is 7.72. The maximum absolute atomic E-state index is 7.35. The zero-order valence-electron chi connectivity index (χ0n) is 19.0. The Morgan fingerprint density at radius 2 is 1.84 bits per heavy atom. The van der Waals surface area contributed by atoms with Crippen molar-refractivity contribution in [2.75, 3.05) is 0 Å². The summed E-state index contributed by atoms with van der Waals surface area (Å²) in [5.74, 6) is 2.07. The molecule has 31 heavy (non-hydrogen) atoms. The summed E-state index contributed by atoms with van der Waals surface area (Å²) < 4.78 is 7.35. The first kappa shape index (κ1) is 18.7. The van der Waals surface area contributed by atoms with Crippen LogP contribution in [0, 0.1) is 17.3 Å². The Labute approximate surface area is 186 Å². The molecule has 2 aromatic rings. The van der Waals surface area contributed by atoms with Crippen molar-refractivity contribution in [1.29, 1.82) is 0 Å². The Kier molecular flexibility index (Phi) is 3.70. The molecule has 0 aromatic heterocycles. The molecule has 1 nitrogen and oxygen atoms in total. The minimum absolute atomic E-state index is 0.0147. The van der Waals surface area contributed by atoms with E-state index in [1.54, 1.807) is 16.7 Å². The highest BCUT2D eigenvalue weighted by Crippen LogP contribution is 2.69. The van der Waals surface area contributed by atoms with E-state index in [1.807, 2.05) is 0 Å². The van der Waals surface area contributed by atoms with Crippen molar-refractivity contribution in [1.82, 2.24) is 0 Å². The zero-order chi connectivity index (χ0) is 20.8. The van der Waals surface area contributed by atoms with Crippen LogP contribution in [0.15, 0.2) is 65.8 Å². The molecule has 0 N–H and O–H groups in total. The maximum Gasteiger partial charge on any atom is 0.0974 e. The van der Waals surface area contributed by atoms with E-state index in [0.29, 0.717) is 17.3 Å². The molecule has 1 unspecified atom stereocenters. The van der Waals surface area contributed by atoms with E-state index < -0.39 is 0 Å². The Balaban J connectivity index is 1.31. The van der Waals surface area contributed by atoms with Gasteiger partial charge >= 0.3 is 0 Å². The second-order valence-corrected chi connectivity index (χ2v) is 11.7. The van der Waals surface area contributed by atoms with Gasteiger partial charge in [-0.2, -0.15) is 0 Å². The van der Waals surface area contributed by atoms with Gasteiger partial charge in [0.2, 0.25) is 0 Å². The van der Waals surface area contributed by atoms with Crippen molar-refractivity contribution in [3.63, 3.8) is 0 Å². The number of fused-ring (bicyclic) bond motifs is 2. The lowest BCUT2D eigenvalue weighted by Crippen LogP contribution is -2.53. The van der Waals surface area contributed by atoms with Gasteiger partial charge in [0.05, 0.1) is 11.2 Å². The lowest BCUT2D eigenvalue weighted by molar-refractivity contribution is -0.138. The molecule has 3 fully saturated rings. The van der Waals surface area contributed by atoms with E-state index in [1.165, 1.54) is 62.1 Å². The van der Waals surface area contributed by atoms with E-state index in [2.05, 4.69) is 68.5 Å². The average Bonchev–Trinajstić information content (AvgIpc) is 3.28. The molecule has 2 heterocycles. The molecule has 160 valence electrons. The van der Waals surface area contributed by atoms with Crippen LogP contribution in [0.3, 0.4) is 0 Å². The van der Waals surface area contributed by atoms with Crippen LogP contribution in [0.5, 0.6) is 0 Å². The molecule has 1 saturated heterocycles. The van der Waals surface area contributed by atoms with E-state index in [-0.39, 0.29) is 11.2 Å². The van der Waals surface area contributed by atoms with Crippen LogP contribution in [-0.4, -0.2) is 11.2 Å². The van der Waals surface area contributed by atoms with Crippen LogP contribution >= 0.6 is 0 Å². The van der Waals surface area contributed by atoms with Crippen LogP contribution in [-0.2, 0) is 4.74 Å². The summed E-state index contributed by atoms with van der Waals surface area (Å²) in [5, 5.41) is 2.74. The van der Waals surface area contributed by atoms with Crippen molar-refractivity contribution in [3.8, 4) is 0 Å². The van der Waals surface area contributed by atoms with Gasteiger partial charge in [-0.1, -0.05) is 68.5 Å². The molecule has 2 aromatic carbocycles. The summed E-state index contributed by atoms with van der Waals surface area (Å²) in [6, 6.07) is 16.0. The van der Waals surface area contributed by atoms with Gasteiger partial charge in [-0.05, 0) is 102 Å². The molecule has 2 spiro atoms. The molecule has 0 amide bonds. The second-order valence-electron chi connectivity index (χ2n) is 11.7. The second kappa shape index (κ2) is 6.13. The summed E-state index contributed by atoms with van der Waals surface area (Å²) in [6.45, 7) is 5.02. The van der Waals surface area contributed by atoms with Gasteiger partial charge in [0, 0.05) is 0 Å². The monoisotopic (exact) mass is 410 g/mol. The fourth-order valence-electron chi connectivity index (χ4n) is 8.62. The standard InChI is InChI=1S/C30H34O/c1-20-7-10-24-18-25-13-14-28(2)26(23-9-8-21-5-3-4-6-22(21)17-23)11-12-27(28)30(25)16-15-29(24,19-20)31-30/h3-6,8-9,13,17-18,20,26-27H,7,10-12,14-16,19H2,1-2H3/t20-,26+,27+,28+,29+,30?/m0/s1. The first-order chi connectivity index (χ1) is 15.0. The van der Waals surface area contributed by atoms with Gasteiger partial charge in [0.25, 0.3) is 0 Å². The Morgan fingerprint density at radius 3 is 2.74 bits per heavy atom. The molecule has 2 saturated carbocycles. The smallest absolute Gasteiger partial charge is 0.0974 e. The molecule has 1 heteroatoms. The number of allylic oxidation sites excluding steroid dienone is 1. The van der Waals surface area contributed by atoms with Gasteiger partial charge in [0.15, 0.2) is 0 Å². The van der Waals surface area contributed by atoms with Crippen LogP contribution < -0.4 is 0 Å². The highest BCUT2D eigenvalue weighted by Gasteiger charge is 2.66. The normalized spacial score (nSPS) is 43.1. The van der Waals surface area contributed by atoms with Gasteiger partial charge in [-0.25, -0.2) is 0 Å². The predicted molar refractivity (Wildman–Crippen MR) is 127 cm³/mol.